The molecule has 1 rings (SSSR count). The minimum absolute atomic E-state index is 0.464. The van der Waals surface area contributed by atoms with E-state index in [-0.39, 0.29) is 0 Å². The van der Waals surface area contributed by atoms with Crippen molar-refractivity contribution in [2.45, 2.75) is 29.9 Å². The Bertz CT molecular complexity index is 395. The molecule has 1 aromatic rings. The molecule has 0 heterocycles. The van der Waals surface area contributed by atoms with Gasteiger partial charge in [0, 0.05) is 10.6 Å². The smallest absolute Gasteiger partial charge is 0.316 e. The fourth-order valence-electron chi connectivity index (χ4n) is 1.39. The number of hydrogen-bond donors (Lipinski definition) is 2. The van der Waals surface area contributed by atoms with Crippen LogP contribution in [0.15, 0.2) is 23.1 Å². The molecule has 1 unspecified atom stereocenters. The number of rotatable bonds is 6. The maximum atomic E-state index is 11.1. The summed E-state index contributed by atoms with van der Waals surface area (Å²) in [5, 5.41) is 8.63. The summed E-state index contributed by atoms with van der Waals surface area (Å²) in [5.41, 5.74) is 6.40. The van der Waals surface area contributed by atoms with Gasteiger partial charge in [0.1, 0.15) is 11.0 Å². The van der Waals surface area contributed by atoms with E-state index < -0.39 is 11.2 Å². The number of carboxylic acid groups (broad SMARTS) is 1. The molecule has 0 radical (unpaired) electrons. The van der Waals surface area contributed by atoms with Crippen LogP contribution in [0.2, 0.25) is 0 Å². The van der Waals surface area contributed by atoms with Crippen LogP contribution in [0.5, 0.6) is 5.75 Å². The minimum atomic E-state index is -0.806. The largest absolute Gasteiger partial charge is 0.497 e. The lowest BCUT2D eigenvalue weighted by atomic mass is 10.2. The van der Waals surface area contributed by atoms with E-state index in [2.05, 4.69) is 0 Å². The Morgan fingerprint density at radius 3 is 2.82 bits per heavy atom. The first kappa shape index (κ1) is 13.7. The first-order valence-corrected chi connectivity index (χ1v) is 6.29. The quantitative estimate of drug-likeness (QED) is 0.604. The Hall–Kier alpha value is -1.36. The van der Waals surface area contributed by atoms with Crippen molar-refractivity contribution in [3.05, 3.63) is 18.2 Å². The second-order valence-electron chi connectivity index (χ2n) is 3.64. The van der Waals surface area contributed by atoms with Crippen LogP contribution in [-0.4, -0.2) is 23.4 Å². The van der Waals surface area contributed by atoms with Gasteiger partial charge >= 0.3 is 5.97 Å². The lowest BCUT2D eigenvalue weighted by Crippen LogP contribution is -2.16. The fourth-order valence-corrected chi connectivity index (χ4v) is 2.54. The minimum Gasteiger partial charge on any atom is -0.497 e. The number of nitrogen functional groups attached to an aromatic ring is 1. The number of ether oxygens (including phenoxy) is 1. The number of hydrogen-bond acceptors (Lipinski definition) is 4. The number of thioether (sulfide) groups is 1. The van der Waals surface area contributed by atoms with Gasteiger partial charge in [-0.15, -0.1) is 11.8 Å². The number of benzene rings is 1. The van der Waals surface area contributed by atoms with E-state index in [1.54, 1.807) is 25.3 Å². The molecule has 1 aromatic carbocycles. The monoisotopic (exact) mass is 255 g/mol. The van der Waals surface area contributed by atoms with E-state index in [1.165, 1.54) is 11.8 Å². The van der Waals surface area contributed by atoms with E-state index in [4.69, 9.17) is 15.6 Å². The average molecular weight is 255 g/mol. The third-order valence-electron chi connectivity index (χ3n) is 2.32. The molecule has 0 aliphatic heterocycles. The van der Waals surface area contributed by atoms with Crippen molar-refractivity contribution in [1.82, 2.24) is 0 Å². The van der Waals surface area contributed by atoms with Crippen LogP contribution < -0.4 is 10.5 Å². The number of methoxy groups -OCH3 is 1. The molecule has 0 aliphatic carbocycles. The lowest BCUT2D eigenvalue weighted by Gasteiger charge is -2.13. The lowest BCUT2D eigenvalue weighted by molar-refractivity contribution is -0.136. The Labute approximate surface area is 105 Å². The molecule has 94 valence electrons. The van der Waals surface area contributed by atoms with Crippen LogP contribution in [0.4, 0.5) is 5.69 Å². The zero-order chi connectivity index (χ0) is 12.8. The topological polar surface area (TPSA) is 72.5 Å². The molecular weight excluding hydrogens is 238 g/mol. The summed E-state index contributed by atoms with van der Waals surface area (Å²) in [7, 11) is 1.57. The first-order chi connectivity index (χ1) is 8.08. The summed E-state index contributed by atoms with van der Waals surface area (Å²) in [6, 6.07) is 5.26. The molecule has 0 bridgehead atoms. The summed E-state index contributed by atoms with van der Waals surface area (Å²) < 4.78 is 5.10. The van der Waals surface area contributed by atoms with Gasteiger partial charge in [0.05, 0.1) is 7.11 Å². The predicted molar refractivity (Wildman–Crippen MR) is 69.6 cm³/mol. The molecule has 4 nitrogen and oxygen atoms in total. The van der Waals surface area contributed by atoms with Crippen molar-refractivity contribution in [3.8, 4) is 5.75 Å². The molecule has 0 saturated heterocycles. The molecule has 0 fully saturated rings. The normalized spacial score (nSPS) is 12.1. The van der Waals surface area contributed by atoms with Gasteiger partial charge in [0.2, 0.25) is 0 Å². The molecule has 0 saturated carbocycles. The second-order valence-corrected chi connectivity index (χ2v) is 4.88. The maximum Gasteiger partial charge on any atom is 0.316 e. The van der Waals surface area contributed by atoms with E-state index in [1.807, 2.05) is 6.92 Å². The van der Waals surface area contributed by atoms with Crippen molar-refractivity contribution < 1.29 is 14.6 Å². The van der Waals surface area contributed by atoms with Crippen molar-refractivity contribution in [3.63, 3.8) is 0 Å². The summed E-state index contributed by atoms with van der Waals surface area (Å²) in [4.78, 5) is 11.8. The maximum absolute atomic E-state index is 11.1. The number of carboxylic acids is 1. The first-order valence-electron chi connectivity index (χ1n) is 5.41. The number of carbonyl (C=O) groups is 1. The SMILES string of the molecule is CCCC(Sc1cc(OC)ccc1N)C(=O)O. The van der Waals surface area contributed by atoms with Crippen LogP contribution in [0.25, 0.3) is 0 Å². The van der Waals surface area contributed by atoms with Gasteiger partial charge in [-0.25, -0.2) is 0 Å². The molecule has 17 heavy (non-hydrogen) atoms. The summed E-state index contributed by atoms with van der Waals surface area (Å²) in [5.74, 6) is -0.124. The van der Waals surface area contributed by atoms with E-state index in [0.717, 1.165) is 11.3 Å². The third-order valence-corrected chi connectivity index (χ3v) is 3.65. The highest BCUT2D eigenvalue weighted by Gasteiger charge is 2.19. The van der Waals surface area contributed by atoms with Crippen LogP contribution in [0.1, 0.15) is 19.8 Å². The standard InChI is InChI=1S/C12H17NO3S/c1-3-4-10(12(14)15)17-11-7-8(16-2)5-6-9(11)13/h5-7,10H,3-4,13H2,1-2H3,(H,14,15). The highest BCUT2D eigenvalue weighted by atomic mass is 32.2. The summed E-state index contributed by atoms with van der Waals surface area (Å²) in [6.07, 6.45) is 1.45. The predicted octanol–water partition coefficient (Wildman–Crippen LogP) is 2.62. The van der Waals surface area contributed by atoms with E-state index >= 15 is 0 Å². The molecular formula is C12H17NO3S. The molecule has 0 aromatic heterocycles. The van der Waals surface area contributed by atoms with Crippen LogP contribution >= 0.6 is 11.8 Å². The van der Waals surface area contributed by atoms with Crippen LogP contribution in [0.3, 0.4) is 0 Å². The highest BCUT2D eigenvalue weighted by molar-refractivity contribution is 8.00. The Balaban J connectivity index is 2.87. The molecule has 0 aliphatic rings. The number of nitrogens with two attached hydrogens (primary N) is 1. The van der Waals surface area contributed by atoms with Gasteiger partial charge in [-0.05, 0) is 24.6 Å². The van der Waals surface area contributed by atoms with Gasteiger partial charge in [-0.3, -0.25) is 4.79 Å². The number of aliphatic carboxylic acids is 1. The Morgan fingerprint density at radius 2 is 2.29 bits per heavy atom. The average Bonchev–Trinajstić information content (AvgIpc) is 2.31. The third kappa shape index (κ3) is 3.85. The van der Waals surface area contributed by atoms with Crippen molar-refractivity contribution in [2.24, 2.45) is 0 Å². The van der Waals surface area contributed by atoms with Gasteiger partial charge in [-0.2, -0.15) is 0 Å². The van der Waals surface area contributed by atoms with Crippen molar-refractivity contribution in [1.29, 1.82) is 0 Å². The summed E-state index contributed by atoms with van der Waals surface area (Å²) >= 11 is 1.27. The van der Waals surface area contributed by atoms with Crippen molar-refractivity contribution >= 4 is 23.4 Å². The molecule has 0 amide bonds. The van der Waals surface area contributed by atoms with Crippen LogP contribution in [0, 0.1) is 0 Å². The second kappa shape index (κ2) is 6.39. The zero-order valence-electron chi connectivity index (χ0n) is 9.97. The summed E-state index contributed by atoms with van der Waals surface area (Å²) in [6.45, 7) is 1.96. The Kier molecular flexibility index (Phi) is 5.15. The highest BCUT2D eigenvalue weighted by Crippen LogP contribution is 2.33. The molecule has 5 heteroatoms. The fraction of sp³-hybridized carbons (Fsp3) is 0.417. The van der Waals surface area contributed by atoms with Gasteiger partial charge < -0.3 is 15.6 Å². The molecule has 1 atom stereocenters. The van der Waals surface area contributed by atoms with Crippen LogP contribution in [-0.2, 0) is 4.79 Å². The zero-order valence-corrected chi connectivity index (χ0v) is 10.8. The van der Waals surface area contributed by atoms with Crippen molar-refractivity contribution in [2.75, 3.05) is 12.8 Å². The van der Waals surface area contributed by atoms with Gasteiger partial charge in [0.15, 0.2) is 0 Å². The number of anilines is 1. The van der Waals surface area contributed by atoms with Gasteiger partial charge in [0.25, 0.3) is 0 Å². The van der Waals surface area contributed by atoms with E-state index in [0.29, 0.717) is 17.9 Å². The molecule has 3 N–H and O–H groups in total. The van der Waals surface area contributed by atoms with Gasteiger partial charge in [-0.1, -0.05) is 13.3 Å². The van der Waals surface area contributed by atoms with E-state index in [9.17, 15) is 4.79 Å². The molecule has 0 spiro atoms. The Morgan fingerprint density at radius 1 is 1.59 bits per heavy atom.